The largest absolute Gasteiger partial charge is 0.497 e. The minimum absolute atomic E-state index is 0.0668. The molecule has 0 unspecified atom stereocenters. The van der Waals surface area contributed by atoms with Crippen LogP contribution in [0.5, 0.6) is 11.5 Å². The van der Waals surface area contributed by atoms with Crippen LogP contribution in [0.25, 0.3) is 0 Å². The number of hydrogen-bond acceptors (Lipinski definition) is 4. The highest BCUT2D eigenvalue weighted by molar-refractivity contribution is 5.97. The Morgan fingerprint density at radius 1 is 1.08 bits per heavy atom. The summed E-state index contributed by atoms with van der Waals surface area (Å²) in [6.45, 7) is 6.81. The van der Waals surface area contributed by atoms with Crippen LogP contribution in [-0.4, -0.2) is 68.7 Å². The number of nitrogens with zero attached hydrogens (tertiary/aromatic N) is 2. The second-order valence-electron chi connectivity index (χ2n) is 6.43. The number of methoxy groups -OCH3 is 2. The Kier molecular flexibility index (Phi) is 6.50. The van der Waals surface area contributed by atoms with E-state index in [9.17, 15) is 9.59 Å². The van der Waals surface area contributed by atoms with Gasteiger partial charge in [0.15, 0.2) is 0 Å². The number of hydrogen-bond donors (Lipinski definition) is 1. The van der Waals surface area contributed by atoms with E-state index in [1.165, 1.54) is 7.11 Å². The molecule has 1 saturated heterocycles. The van der Waals surface area contributed by atoms with Crippen LogP contribution in [0.2, 0.25) is 0 Å². The molecular formula is C18H27N3O4. The summed E-state index contributed by atoms with van der Waals surface area (Å²) in [5.74, 6) is 1.44. The maximum absolute atomic E-state index is 12.8. The van der Waals surface area contributed by atoms with Gasteiger partial charge < -0.3 is 24.6 Å². The van der Waals surface area contributed by atoms with E-state index in [1.807, 2.05) is 0 Å². The van der Waals surface area contributed by atoms with E-state index in [-0.39, 0.29) is 11.9 Å². The Labute approximate surface area is 148 Å². The third-order valence-electron chi connectivity index (χ3n) is 4.15. The van der Waals surface area contributed by atoms with Gasteiger partial charge in [-0.3, -0.25) is 4.79 Å². The van der Waals surface area contributed by atoms with Gasteiger partial charge in [0, 0.05) is 38.8 Å². The Morgan fingerprint density at radius 2 is 1.72 bits per heavy atom. The predicted molar refractivity (Wildman–Crippen MR) is 95.3 cm³/mol. The lowest BCUT2D eigenvalue weighted by Crippen LogP contribution is -2.53. The average Bonchev–Trinajstić information content (AvgIpc) is 2.65. The number of nitrogens with one attached hydrogen (secondary N) is 1. The van der Waals surface area contributed by atoms with Crippen molar-refractivity contribution in [2.24, 2.45) is 5.92 Å². The molecule has 1 N–H and O–H groups in total. The van der Waals surface area contributed by atoms with Crippen LogP contribution in [0.3, 0.4) is 0 Å². The van der Waals surface area contributed by atoms with Crippen LogP contribution < -0.4 is 14.8 Å². The first-order chi connectivity index (χ1) is 12.0. The smallest absolute Gasteiger partial charge is 0.317 e. The minimum atomic E-state index is -0.0956. The highest BCUT2D eigenvalue weighted by Crippen LogP contribution is 2.26. The maximum Gasteiger partial charge on any atom is 0.317 e. The number of amides is 3. The zero-order chi connectivity index (χ0) is 18.4. The van der Waals surface area contributed by atoms with Crippen molar-refractivity contribution in [2.75, 3.05) is 46.9 Å². The predicted octanol–water partition coefficient (Wildman–Crippen LogP) is 1.83. The fourth-order valence-electron chi connectivity index (χ4n) is 2.66. The van der Waals surface area contributed by atoms with Crippen molar-refractivity contribution in [1.82, 2.24) is 15.1 Å². The second kappa shape index (κ2) is 8.60. The standard InChI is InChI=1S/C18H27N3O4/c1-13(2)12-19-18(23)21-9-7-20(8-10-21)17(22)15-6-5-14(24-3)11-16(15)25-4/h5-6,11,13H,7-10,12H2,1-4H3,(H,19,23). The number of carbonyl (C=O) groups excluding carboxylic acids is 2. The molecule has 7 nitrogen and oxygen atoms in total. The van der Waals surface area contributed by atoms with Gasteiger partial charge >= 0.3 is 6.03 Å². The van der Waals surface area contributed by atoms with Crippen molar-refractivity contribution < 1.29 is 19.1 Å². The molecule has 1 aromatic rings. The summed E-state index contributed by atoms with van der Waals surface area (Å²) in [6, 6.07) is 5.08. The third-order valence-corrected chi connectivity index (χ3v) is 4.15. The molecule has 0 atom stereocenters. The molecule has 25 heavy (non-hydrogen) atoms. The van der Waals surface area contributed by atoms with E-state index in [2.05, 4.69) is 19.2 Å². The quantitative estimate of drug-likeness (QED) is 0.880. The van der Waals surface area contributed by atoms with Crippen LogP contribution in [-0.2, 0) is 0 Å². The molecule has 2 rings (SSSR count). The van der Waals surface area contributed by atoms with E-state index in [1.54, 1.807) is 35.1 Å². The highest BCUT2D eigenvalue weighted by atomic mass is 16.5. The first-order valence-corrected chi connectivity index (χ1v) is 8.50. The first-order valence-electron chi connectivity index (χ1n) is 8.50. The molecule has 0 aromatic heterocycles. The number of carbonyl (C=O) groups is 2. The molecule has 1 aromatic carbocycles. The van der Waals surface area contributed by atoms with Crippen molar-refractivity contribution in [2.45, 2.75) is 13.8 Å². The molecule has 0 saturated carbocycles. The first kappa shape index (κ1) is 18.9. The summed E-state index contributed by atoms with van der Waals surface area (Å²) >= 11 is 0. The second-order valence-corrected chi connectivity index (χ2v) is 6.43. The number of rotatable bonds is 5. The number of piperazine rings is 1. The molecule has 0 radical (unpaired) electrons. The normalized spacial score (nSPS) is 14.4. The van der Waals surface area contributed by atoms with Crippen LogP contribution in [0.1, 0.15) is 24.2 Å². The van der Waals surface area contributed by atoms with Crippen LogP contribution in [0.4, 0.5) is 4.79 Å². The summed E-state index contributed by atoms with van der Waals surface area (Å²) in [6.07, 6.45) is 0. The molecule has 1 fully saturated rings. The van der Waals surface area contributed by atoms with Crippen molar-refractivity contribution >= 4 is 11.9 Å². The van der Waals surface area contributed by atoms with Crippen molar-refractivity contribution in [3.05, 3.63) is 23.8 Å². The topological polar surface area (TPSA) is 71.1 Å². The zero-order valence-corrected chi connectivity index (χ0v) is 15.4. The zero-order valence-electron chi connectivity index (χ0n) is 15.4. The number of urea groups is 1. The summed E-state index contributed by atoms with van der Waals surface area (Å²) in [5, 5.41) is 2.91. The van der Waals surface area contributed by atoms with Crippen molar-refractivity contribution in [3.8, 4) is 11.5 Å². The molecule has 0 aliphatic carbocycles. The molecule has 138 valence electrons. The van der Waals surface area contributed by atoms with E-state index >= 15 is 0 Å². The lowest BCUT2D eigenvalue weighted by atomic mass is 10.1. The Balaban J connectivity index is 1.96. The van der Waals surface area contributed by atoms with Gasteiger partial charge in [-0.15, -0.1) is 0 Å². The maximum atomic E-state index is 12.8. The van der Waals surface area contributed by atoms with Crippen LogP contribution in [0.15, 0.2) is 18.2 Å². The van der Waals surface area contributed by atoms with Crippen LogP contribution >= 0.6 is 0 Å². The van der Waals surface area contributed by atoms with Crippen LogP contribution in [0, 0.1) is 5.92 Å². The lowest BCUT2D eigenvalue weighted by Gasteiger charge is -2.35. The molecule has 1 aliphatic rings. The lowest BCUT2D eigenvalue weighted by molar-refractivity contribution is 0.0661. The molecule has 3 amide bonds. The average molecular weight is 349 g/mol. The monoisotopic (exact) mass is 349 g/mol. The van der Waals surface area contributed by atoms with E-state index in [4.69, 9.17) is 9.47 Å². The summed E-state index contributed by atoms with van der Waals surface area (Å²) in [4.78, 5) is 28.3. The summed E-state index contributed by atoms with van der Waals surface area (Å²) < 4.78 is 10.5. The Hall–Kier alpha value is -2.44. The fraction of sp³-hybridized carbons (Fsp3) is 0.556. The molecule has 1 heterocycles. The molecule has 0 spiro atoms. The van der Waals surface area contributed by atoms with E-state index < -0.39 is 0 Å². The van der Waals surface area contributed by atoms with E-state index in [0.717, 1.165) is 0 Å². The van der Waals surface area contributed by atoms with Crippen molar-refractivity contribution in [3.63, 3.8) is 0 Å². The molecule has 7 heteroatoms. The summed E-state index contributed by atoms with van der Waals surface area (Å²) in [5.41, 5.74) is 0.501. The van der Waals surface area contributed by atoms with Gasteiger partial charge in [0.05, 0.1) is 19.8 Å². The van der Waals surface area contributed by atoms with Gasteiger partial charge in [0.1, 0.15) is 11.5 Å². The number of benzene rings is 1. The van der Waals surface area contributed by atoms with Gasteiger partial charge in [-0.2, -0.15) is 0 Å². The molecular weight excluding hydrogens is 322 g/mol. The van der Waals surface area contributed by atoms with Gasteiger partial charge in [-0.1, -0.05) is 13.8 Å². The minimum Gasteiger partial charge on any atom is -0.497 e. The van der Waals surface area contributed by atoms with E-state index in [0.29, 0.717) is 55.7 Å². The third kappa shape index (κ3) is 4.78. The summed E-state index contributed by atoms with van der Waals surface area (Å²) in [7, 11) is 3.10. The van der Waals surface area contributed by atoms with Gasteiger partial charge in [0.2, 0.25) is 0 Å². The fourth-order valence-corrected chi connectivity index (χ4v) is 2.66. The molecule has 0 bridgehead atoms. The SMILES string of the molecule is COc1ccc(C(=O)N2CCN(C(=O)NCC(C)C)CC2)c(OC)c1. The van der Waals surface area contributed by atoms with Gasteiger partial charge in [-0.05, 0) is 18.1 Å². The van der Waals surface area contributed by atoms with Crippen molar-refractivity contribution in [1.29, 1.82) is 0 Å². The molecule has 1 aliphatic heterocycles. The number of ether oxygens (including phenoxy) is 2. The Morgan fingerprint density at radius 3 is 2.28 bits per heavy atom. The Bertz CT molecular complexity index is 610. The van der Waals surface area contributed by atoms with Gasteiger partial charge in [0.25, 0.3) is 5.91 Å². The van der Waals surface area contributed by atoms with Gasteiger partial charge in [-0.25, -0.2) is 4.79 Å². The highest BCUT2D eigenvalue weighted by Gasteiger charge is 2.26.